The molecule has 15 heavy (non-hydrogen) atoms. The normalized spacial score (nSPS) is 10.2. The predicted octanol–water partition coefficient (Wildman–Crippen LogP) is 2.61. The van der Waals surface area contributed by atoms with Crippen LogP contribution in [0.5, 0.6) is 0 Å². The summed E-state index contributed by atoms with van der Waals surface area (Å²) >= 11 is 0. The van der Waals surface area contributed by atoms with Crippen molar-refractivity contribution in [3.8, 4) is 0 Å². The average molecular weight is 210 g/mol. The maximum atomic E-state index is 11.9. The number of halogens is 1. The molecular weight excluding hydrogens is 195 g/mol. The summed E-state index contributed by atoms with van der Waals surface area (Å²) in [6.45, 7) is -0.291. The highest BCUT2D eigenvalue weighted by Crippen LogP contribution is 2.08. The van der Waals surface area contributed by atoms with Crippen molar-refractivity contribution in [2.45, 2.75) is 25.7 Å². The van der Waals surface area contributed by atoms with E-state index in [0.717, 1.165) is 17.5 Å². The molecule has 1 rings (SSSR count). The molecule has 0 radical (unpaired) electrons. The van der Waals surface area contributed by atoms with Crippen molar-refractivity contribution < 1.29 is 14.3 Å². The Balaban J connectivity index is 2.45. The fourth-order valence-electron chi connectivity index (χ4n) is 1.39. The lowest BCUT2D eigenvalue weighted by atomic mass is 10.0. The van der Waals surface area contributed by atoms with Crippen LogP contribution in [-0.2, 0) is 17.6 Å². The molecule has 0 aliphatic heterocycles. The van der Waals surface area contributed by atoms with Crippen LogP contribution in [0.1, 0.15) is 24.0 Å². The molecule has 0 aromatic heterocycles. The van der Waals surface area contributed by atoms with E-state index in [1.54, 1.807) is 0 Å². The van der Waals surface area contributed by atoms with Gasteiger partial charge in [-0.2, -0.15) is 0 Å². The Labute approximate surface area is 88.7 Å². The molecule has 1 aromatic carbocycles. The Kier molecular flexibility index (Phi) is 4.81. The van der Waals surface area contributed by atoms with Gasteiger partial charge in [-0.1, -0.05) is 24.3 Å². The molecule has 82 valence electrons. The van der Waals surface area contributed by atoms with Gasteiger partial charge in [-0.3, -0.25) is 9.18 Å². The highest BCUT2D eigenvalue weighted by molar-refractivity contribution is 5.67. The van der Waals surface area contributed by atoms with Crippen LogP contribution < -0.4 is 0 Å². The van der Waals surface area contributed by atoms with Crippen molar-refractivity contribution in [1.82, 2.24) is 0 Å². The Morgan fingerprint density at radius 2 is 1.67 bits per heavy atom. The number of carbonyl (C=O) groups is 1. The summed E-state index contributed by atoms with van der Waals surface area (Å²) in [6, 6.07) is 7.70. The quantitative estimate of drug-likeness (QED) is 0.783. The number of aliphatic carboxylic acids is 1. The fraction of sp³-hybridized carbons (Fsp3) is 0.417. The molecule has 1 N–H and O–H groups in total. The lowest BCUT2D eigenvalue weighted by Gasteiger charge is -2.01. The Hall–Kier alpha value is -1.38. The maximum absolute atomic E-state index is 11.9. The van der Waals surface area contributed by atoms with Crippen molar-refractivity contribution in [1.29, 1.82) is 0 Å². The van der Waals surface area contributed by atoms with E-state index >= 15 is 0 Å². The third kappa shape index (κ3) is 4.58. The number of benzene rings is 1. The minimum absolute atomic E-state index is 0.157. The monoisotopic (exact) mass is 210 g/mol. The lowest BCUT2D eigenvalue weighted by molar-refractivity contribution is -0.136. The summed E-state index contributed by atoms with van der Waals surface area (Å²) in [4.78, 5) is 10.3. The summed E-state index contributed by atoms with van der Waals surface area (Å²) in [7, 11) is 0. The van der Waals surface area contributed by atoms with E-state index in [1.165, 1.54) is 0 Å². The molecule has 0 atom stereocenters. The second kappa shape index (κ2) is 6.17. The van der Waals surface area contributed by atoms with Crippen LogP contribution in [0.2, 0.25) is 0 Å². The fourth-order valence-corrected chi connectivity index (χ4v) is 1.39. The minimum atomic E-state index is -0.781. The summed E-state index contributed by atoms with van der Waals surface area (Å²) in [5.41, 5.74) is 2.12. The topological polar surface area (TPSA) is 37.3 Å². The first-order chi connectivity index (χ1) is 7.22. The van der Waals surface area contributed by atoms with Crippen molar-refractivity contribution in [3.63, 3.8) is 0 Å². The zero-order valence-corrected chi connectivity index (χ0v) is 8.58. The molecule has 0 bridgehead atoms. The molecule has 0 heterocycles. The zero-order chi connectivity index (χ0) is 11.1. The zero-order valence-electron chi connectivity index (χ0n) is 8.58. The third-order valence-corrected chi connectivity index (χ3v) is 2.25. The van der Waals surface area contributed by atoms with Crippen molar-refractivity contribution in [3.05, 3.63) is 35.4 Å². The van der Waals surface area contributed by atoms with Gasteiger partial charge in [0.1, 0.15) is 0 Å². The molecule has 2 nitrogen and oxygen atoms in total. The molecule has 0 amide bonds. The summed E-state index contributed by atoms with van der Waals surface area (Å²) in [5.74, 6) is -0.781. The van der Waals surface area contributed by atoms with Gasteiger partial charge in [-0.05, 0) is 30.4 Å². The van der Waals surface area contributed by atoms with Gasteiger partial charge in [0.15, 0.2) is 0 Å². The molecule has 3 heteroatoms. The Bertz CT molecular complexity index is 306. The minimum Gasteiger partial charge on any atom is -0.481 e. The third-order valence-electron chi connectivity index (χ3n) is 2.25. The van der Waals surface area contributed by atoms with Crippen LogP contribution in [0.4, 0.5) is 4.39 Å². The molecule has 0 fully saturated rings. The smallest absolute Gasteiger partial charge is 0.303 e. The van der Waals surface area contributed by atoms with Gasteiger partial charge in [-0.15, -0.1) is 0 Å². The highest BCUT2D eigenvalue weighted by Gasteiger charge is 1.99. The summed E-state index contributed by atoms with van der Waals surface area (Å²) in [6.07, 6.45) is 2.01. The first-order valence-electron chi connectivity index (χ1n) is 5.08. The lowest BCUT2D eigenvalue weighted by Crippen LogP contribution is -1.97. The summed E-state index contributed by atoms with van der Waals surface area (Å²) in [5, 5.41) is 8.50. The van der Waals surface area contributed by atoms with E-state index < -0.39 is 5.97 Å². The van der Waals surface area contributed by atoms with Gasteiger partial charge in [0.2, 0.25) is 0 Å². The van der Waals surface area contributed by atoms with E-state index in [1.807, 2.05) is 24.3 Å². The van der Waals surface area contributed by atoms with Crippen molar-refractivity contribution in [2.75, 3.05) is 6.67 Å². The SMILES string of the molecule is O=C(O)CCc1ccc(CCCF)cc1. The van der Waals surface area contributed by atoms with Crippen LogP contribution >= 0.6 is 0 Å². The number of alkyl halides is 1. The van der Waals surface area contributed by atoms with Gasteiger partial charge >= 0.3 is 5.97 Å². The van der Waals surface area contributed by atoms with Crippen LogP contribution in [-0.4, -0.2) is 17.8 Å². The summed E-state index contributed by atoms with van der Waals surface area (Å²) < 4.78 is 11.9. The molecule has 0 saturated heterocycles. The molecule has 0 saturated carbocycles. The molecular formula is C12H15FO2. The molecule has 0 aliphatic carbocycles. The molecule has 1 aromatic rings. The molecule has 0 spiro atoms. The van der Waals surface area contributed by atoms with Gasteiger partial charge < -0.3 is 5.11 Å². The predicted molar refractivity (Wildman–Crippen MR) is 56.7 cm³/mol. The second-order valence-corrected chi connectivity index (χ2v) is 3.50. The number of rotatable bonds is 6. The highest BCUT2D eigenvalue weighted by atomic mass is 19.1. The number of hydrogen-bond acceptors (Lipinski definition) is 1. The molecule has 0 unspecified atom stereocenters. The van der Waals surface area contributed by atoms with Gasteiger partial charge in [0.25, 0.3) is 0 Å². The van der Waals surface area contributed by atoms with Crippen LogP contribution in [0.15, 0.2) is 24.3 Å². The van der Waals surface area contributed by atoms with Gasteiger partial charge in [0, 0.05) is 6.42 Å². The van der Waals surface area contributed by atoms with E-state index in [4.69, 9.17) is 5.11 Å². The first kappa shape index (κ1) is 11.7. The molecule has 0 aliphatic rings. The average Bonchev–Trinajstić information content (AvgIpc) is 2.25. The first-order valence-corrected chi connectivity index (χ1v) is 5.08. The maximum Gasteiger partial charge on any atom is 0.303 e. The second-order valence-electron chi connectivity index (χ2n) is 3.50. The standard InChI is InChI=1S/C12H15FO2/c13-9-1-2-10-3-5-11(6-4-10)7-8-12(14)15/h3-6H,1-2,7-9H2,(H,14,15). The van der Waals surface area contributed by atoms with E-state index in [2.05, 4.69) is 0 Å². The number of hydrogen-bond donors (Lipinski definition) is 1. The number of carboxylic acids is 1. The van der Waals surface area contributed by atoms with Crippen LogP contribution in [0.3, 0.4) is 0 Å². The van der Waals surface area contributed by atoms with Crippen molar-refractivity contribution >= 4 is 5.97 Å². The Morgan fingerprint density at radius 1 is 1.13 bits per heavy atom. The van der Waals surface area contributed by atoms with Gasteiger partial charge in [0.05, 0.1) is 6.67 Å². The van der Waals surface area contributed by atoms with Gasteiger partial charge in [-0.25, -0.2) is 0 Å². The largest absolute Gasteiger partial charge is 0.481 e. The van der Waals surface area contributed by atoms with Crippen LogP contribution in [0.25, 0.3) is 0 Å². The van der Waals surface area contributed by atoms with Crippen molar-refractivity contribution in [2.24, 2.45) is 0 Å². The van der Waals surface area contributed by atoms with E-state index in [9.17, 15) is 9.18 Å². The Morgan fingerprint density at radius 3 is 2.13 bits per heavy atom. The van der Waals surface area contributed by atoms with E-state index in [0.29, 0.717) is 12.8 Å². The van der Waals surface area contributed by atoms with Crippen LogP contribution in [0, 0.1) is 0 Å². The number of carboxylic acid groups (broad SMARTS) is 1. The number of aryl methyl sites for hydroxylation is 2. The van der Waals surface area contributed by atoms with E-state index in [-0.39, 0.29) is 13.1 Å².